The van der Waals surface area contributed by atoms with Crippen LogP contribution in [-0.4, -0.2) is 23.9 Å². The number of hydrogen-bond donors (Lipinski definition) is 1. The van der Waals surface area contributed by atoms with Crippen LogP contribution < -0.4 is 5.73 Å². The Morgan fingerprint density at radius 3 is 2.79 bits per heavy atom. The van der Waals surface area contributed by atoms with E-state index in [9.17, 15) is 13.2 Å². The van der Waals surface area contributed by atoms with Gasteiger partial charge in [-0.05, 0) is 6.07 Å². The zero-order valence-electron chi connectivity index (χ0n) is 10.00. The van der Waals surface area contributed by atoms with Crippen molar-refractivity contribution in [1.29, 1.82) is 0 Å². The van der Waals surface area contributed by atoms with Gasteiger partial charge in [-0.25, -0.2) is 4.98 Å². The highest BCUT2D eigenvalue weighted by Crippen LogP contribution is 2.44. The number of alkyl halides is 3. The van der Waals surface area contributed by atoms with Gasteiger partial charge < -0.3 is 15.2 Å². The number of rotatable bonds is 2. The van der Waals surface area contributed by atoms with Crippen molar-refractivity contribution in [2.24, 2.45) is 0 Å². The van der Waals surface area contributed by atoms with Gasteiger partial charge in [0.1, 0.15) is 5.15 Å². The molecule has 0 spiro atoms. The highest BCUT2D eigenvalue weighted by Gasteiger charge is 2.53. The molecule has 1 saturated heterocycles. The maximum absolute atomic E-state index is 12.7. The van der Waals surface area contributed by atoms with Crippen molar-refractivity contribution in [2.75, 3.05) is 12.3 Å². The van der Waals surface area contributed by atoms with Gasteiger partial charge in [0.15, 0.2) is 11.9 Å². The number of ether oxygens (including phenoxy) is 2. The van der Waals surface area contributed by atoms with Crippen LogP contribution in [0.5, 0.6) is 0 Å². The Kier molecular flexibility index (Phi) is 3.63. The van der Waals surface area contributed by atoms with Crippen molar-refractivity contribution in [3.05, 3.63) is 23.0 Å². The first-order valence-corrected chi connectivity index (χ1v) is 5.96. The average Bonchev–Trinajstić information content (AvgIpc) is 2.77. The molecule has 106 valence electrons. The molecule has 1 aromatic rings. The van der Waals surface area contributed by atoms with E-state index in [-0.39, 0.29) is 22.8 Å². The van der Waals surface area contributed by atoms with E-state index in [0.717, 1.165) is 0 Å². The molecule has 0 aromatic carbocycles. The molecule has 0 radical (unpaired) electrons. The fourth-order valence-corrected chi connectivity index (χ4v) is 2.11. The molecule has 1 aliphatic heterocycles. The Bertz CT molecular complexity index is 483. The van der Waals surface area contributed by atoms with Crippen LogP contribution in [0.15, 0.2) is 12.3 Å². The first kappa shape index (κ1) is 14.4. The smallest absolute Gasteiger partial charge is 0.397 e. The van der Waals surface area contributed by atoms with Gasteiger partial charge in [0, 0.05) is 12.0 Å². The lowest BCUT2D eigenvalue weighted by atomic mass is 10.0. The predicted molar refractivity (Wildman–Crippen MR) is 62.5 cm³/mol. The molecule has 0 amide bonds. The normalized spacial score (nSPS) is 27.7. The zero-order valence-corrected chi connectivity index (χ0v) is 10.8. The topological polar surface area (TPSA) is 57.4 Å². The van der Waals surface area contributed by atoms with Crippen molar-refractivity contribution in [1.82, 2.24) is 4.98 Å². The highest BCUT2D eigenvalue weighted by atomic mass is 35.5. The van der Waals surface area contributed by atoms with Gasteiger partial charge in [-0.2, -0.15) is 13.2 Å². The van der Waals surface area contributed by atoms with Crippen LogP contribution in [0.4, 0.5) is 18.9 Å². The van der Waals surface area contributed by atoms with Crippen molar-refractivity contribution in [3.63, 3.8) is 0 Å². The third kappa shape index (κ3) is 2.63. The van der Waals surface area contributed by atoms with Gasteiger partial charge in [0.05, 0.1) is 18.5 Å². The molecule has 2 atom stereocenters. The summed E-state index contributed by atoms with van der Waals surface area (Å²) in [5.74, 6) is -1.53. The molecular formula is C11H12ClF3N2O2. The van der Waals surface area contributed by atoms with Gasteiger partial charge in [0.25, 0.3) is 0 Å². The number of hydrogen-bond acceptors (Lipinski definition) is 4. The van der Waals surface area contributed by atoms with E-state index >= 15 is 0 Å². The first-order chi connectivity index (χ1) is 8.78. The van der Waals surface area contributed by atoms with E-state index in [1.54, 1.807) is 6.92 Å². The minimum atomic E-state index is -4.48. The van der Waals surface area contributed by atoms with Crippen molar-refractivity contribution < 1.29 is 22.6 Å². The maximum atomic E-state index is 12.7. The second kappa shape index (κ2) is 4.81. The van der Waals surface area contributed by atoms with Crippen LogP contribution in [-0.2, 0) is 15.3 Å². The predicted octanol–water partition coefficient (Wildman–Crippen LogP) is 2.86. The fraction of sp³-hybridized carbons (Fsp3) is 0.545. The van der Waals surface area contributed by atoms with Crippen LogP contribution >= 0.6 is 11.6 Å². The Morgan fingerprint density at radius 1 is 1.58 bits per heavy atom. The molecule has 4 nitrogen and oxygen atoms in total. The molecule has 0 saturated carbocycles. The second-order valence-electron chi connectivity index (χ2n) is 4.16. The number of pyridine rings is 1. The largest absolute Gasteiger partial charge is 0.417 e. The van der Waals surface area contributed by atoms with Gasteiger partial charge in [-0.15, -0.1) is 0 Å². The van der Waals surface area contributed by atoms with E-state index in [1.807, 2.05) is 0 Å². The minimum absolute atomic E-state index is 0.111. The summed E-state index contributed by atoms with van der Waals surface area (Å²) in [5, 5.41) is 0.111. The number of anilines is 1. The summed E-state index contributed by atoms with van der Waals surface area (Å²) in [6.45, 7) is 1.07. The quantitative estimate of drug-likeness (QED) is 0.853. The van der Waals surface area contributed by atoms with Crippen molar-refractivity contribution >= 4 is 17.3 Å². The monoisotopic (exact) mass is 296 g/mol. The average molecular weight is 297 g/mol. The van der Waals surface area contributed by atoms with Gasteiger partial charge in [-0.1, -0.05) is 18.5 Å². The standard InChI is InChI=1S/C11H12ClF3N2O2/c1-2-10(6-3-9(12)17-4-7(6)16)18-5-8(19-10)11(13,14)15/h3-4,8H,2,5,16H2,1H3/t8-,10-/m1/s1. The van der Waals surface area contributed by atoms with E-state index in [0.29, 0.717) is 0 Å². The number of aromatic nitrogens is 1. The molecule has 2 N–H and O–H groups in total. The summed E-state index contributed by atoms with van der Waals surface area (Å²) in [5.41, 5.74) is 6.16. The van der Waals surface area contributed by atoms with Crippen molar-refractivity contribution in [3.8, 4) is 0 Å². The van der Waals surface area contributed by atoms with E-state index < -0.39 is 24.7 Å². The third-order valence-corrected chi connectivity index (χ3v) is 3.15. The summed E-state index contributed by atoms with van der Waals surface area (Å²) < 4.78 is 48.3. The number of nitrogens with two attached hydrogens (primary N) is 1. The van der Waals surface area contributed by atoms with E-state index in [2.05, 4.69) is 4.98 Å². The van der Waals surface area contributed by atoms with Crippen LogP contribution in [0.2, 0.25) is 5.15 Å². The van der Waals surface area contributed by atoms with E-state index in [4.69, 9.17) is 26.8 Å². The zero-order chi connectivity index (χ0) is 14.3. The summed E-state index contributed by atoms with van der Waals surface area (Å²) in [7, 11) is 0. The van der Waals surface area contributed by atoms with Crippen molar-refractivity contribution in [2.45, 2.75) is 31.4 Å². The number of halogens is 4. The molecule has 1 aromatic heterocycles. The molecule has 19 heavy (non-hydrogen) atoms. The fourth-order valence-electron chi connectivity index (χ4n) is 1.96. The summed E-state index contributed by atoms with van der Waals surface area (Å²) in [6, 6.07) is 1.36. The van der Waals surface area contributed by atoms with Gasteiger partial charge in [-0.3, -0.25) is 0 Å². The maximum Gasteiger partial charge on any atom is 0.417 e. The lowest BCUT2D eigenvalue weighted by Crippen LogP contribution is -2.34. The van der Waals surface area contributed by atoms with Crippen LogP contribution in [0.1, 0.15) is 18.9 Å². The molecule has 0 bridgehead atoms. The third-order valence-electron chi connectivity index (χ3n) is 2.94. The first-order valence-electron chi connectivity index (χ1n) is 5.58. The highest BCUT2D eigenvalue weighted by molar-refractivity contribution is 6.29. The minimum Gasteiger partial charge on any atom is -0.397 e. The molecule has 2 heterocycles. The molecule has 8 heteroatoms. The lowest BCUT2D eigenvalue weighted by Gasteiger charge is -2.28. The Morgan fingerprint density at radius 2 is 2.26 bits per heavy atom. The molecule has 1 aliphatic rings. The molecule has 1 fully saturated rings. The summed E-state index contributed by atoms with van der Waals surface area (Å²) >= 11 is 5.74. The Labute approximate surface area is 112 Å². The number of nitrogens with zero attached hydrogens (tertiary/aromatic N) is 1. The van der Waals surface area contributed by atoms with Crippen LogP contribution in [0, 0.1) is 0 Å². The van der Waals surface area contributed by atoms with Gasteiger partial charge in [0.2, 0.25) is 0 Å². The Balaban J connectivity index is 2.37. The summed E-state index contributed by atoms with van der Waals surface area (Å²) in [4.78, 5) is 3.75. The molecule has 2 rings (SSSR count). The lowest BCUT2D eigenvalue weighted by molar-refractivity contribution is -0.247. The van der Waals surface area contributed by atoms with E-state index in [1.165, 1.54) is 12.3 Å². The molecule has 0 unspecified atom stereocenters. The van der Waals surface area contributed by atoms with Crippen LogP contribution in [0.25, 0.3) is 0 Å². The van der Waals surface area contributed by atoms with Gasteiger partial charge >= 0.3 is 6.18 Å². The number of nitrogen functional groups attached to an aromatic ring is 1. The SMILES string of the molecule is CC[C@@]1(c2cc(Cl)ncc2N)OC[C@H](C(F)(F)F)O1. The summed E-state index contributed by atoms with van der Waals surface area (Å²) in [6.07, 6.45) is -5.02. The second-order valence-corrected chi connectivity index (χ2v) is 4.55. The Hall–Kier alpha value is -1.05. The van der Waals surface area contributed by atoms with Crippen LogP contribution in [0.3, 0.4) is 0 Å². The molecular weight excluding hydrogens is 285 g/mol. The molecule has 0 aliphatic carbocycles.